The average molecular weight is 405 g/mol. The molecule has 0 amide bonds. The number of aromatic nitrogens is 2. The van der Waals surface area contributed by atoms with Crippen LogP contribution in [0.2, 0.25) is 10.0 Å². The number of alkyl halides is 1. The van der Waals surface area contributed by atoms with Crippen molar-refractivity contribution in [2.75, 3.05) is 0 Å². The Morgan fingerprint density at radius 1 is 1.14 bits per heavy atom. The van der Waals surface area contributed by atoms with Gasteiger partial charge in [-0.3, -0.25) is 4.57 Å². The number of imidazole rings is 1. The summed E-state index contributed by atoms with van der Waals surface area (Å²) in [6.07, 6.45) is 0. The molecule has 2 aromatic carbocycles. The molecule has 0 bridgehead atoms. The zero-order chi connectivity index (χ0) is 15.1. The fourth-order valence-corrected chi connectivity index (χ4v) is 3.08. The number of aryl methyl sites for hydroxylation is 1. The number of benzene rings is 2. The SMILES string of the molecule is Cc1ccc(-n2c(CCl)nc3cc(Cl)c(Cl)cc32)cc1Br. The Hall–Kier alpha value is -0.740. The van der Waals surface area contributed by atoms with Gasteiger partial charge in [0.2, 0.25) is 0 Å². The van der Waals surface area contributed by atoms with Crippen LogP contribution in [0.3, 0.4) is 0 Å². The molecule has 0 aliphatic heterocycles. The van der Waals surface area contributed by atoms with E-state index in [4.69, 9.17) is 34.8 Å². The fraction of sp³-hybridized carbons (Fsp3) is 0.133. The summed E-state index contributed by atoms with van der Waals surface area (Å²) in [7, 11) is 0. The molecule has 0 saturated carbocycles. The number of hydrogen-bond donors (Lipinski definition) is 0. The number of rotatable bonds is 2. The second-order valence-electron chi connectivity index (χ2n) is 4.69. The Kier molecular flexibility index (Phi) is 4.19. The smallest absolute Gasteiger partial charge is 0.129 e. The van der Waals surface area contributed by atoms with Crippen molar-refractivity contribution in [3.05, 3.63) is 56.2 Å². The minimum absolute atomic E-state index is 0.301. The fourth-order valence-electron chi connectivity index (χ4n) is 2.22. The highest BCUT2D eigenvalue weighted by Crippen LogP contribution is 2.31. The van der Waals surface area contributed by atoms with Crippen LogP contribution in [-0.4, -0.2) is 9.55 Å². The summed E-state index contributed by atoms with van der Waals surface area (Å²) in [5.74, 6) is 1.05. The zero-order valence-corrected chi connectivity index (χ0v) is 14.9. The molecule has 0 fully saturated rings. The molecule has 0 radical (unpaired) electrons. The van der Waals surface area contributed by atoms with Crippen molar-refractivity contribution >= 4 is 61.8 Å². The molecular weight excluding hydrogens is 394 g/mol. The quantitative estimate of drug-likeness (QED) is 0.469. The summed E-state index contributed by atoms with van der Waals surface area (Å²) < 4.78 is 3.02. The van der Waals surface area contributed by atoms with E-state index in [0.29, 0.717) is 15.9 Å². The van der Waals surface area contributed by atoms with Crippen molar-refractivity contribution in [1.82, 2.24) is 9.55 Å². The Morgan fingerprint density at radius 2 is 1.86 bits per heavy atom. The minimum atomic E-state index is 0.301. The van der Waals surface area contributed by atoms with Gasteiger partial charge in [-0.25, -0.2) is 4.98 Å². The summed E-state index contributed by atoms with van der Waals surface area (Å²) in [4.78, 5) is 4.53. The van der Waals surface area contributed by atoms with Crippen LogP contribution in [0.4, 0.5) is 0 Å². The molecule has 1 aromatic heterocycles. The first-order valence-corrected chi connectivity index (χ1v) is 8.28. The Labute approximate surface area is 145 Å². The molecule has 0 saturated heterocycles. The van der Waals surface area contributed by atoms with Gasteiger partial charge in [-0.2, -0.15) is 0 Å². The van der Waals surface area contributed by atoms with Gasteiger partial charge in [-0.05, 0) is 36.8 Å². The molecule has 21 heavy (non-hydrogen) atoms. The van der Waals surface area contributed by atoms with Gasteiger partial charge in [0.25, 0.3) is 0 Å². The van der Waals surface area contributed by atoms with E-state index in [1.54, 1.807) is 6.07 Å². The Morgan fingerprint density at radius 3 is 2.52 bits per heavy atom. The Bertz CT molecular complexity index is 843. The third-order valence-electron chi connectivity index (χ3n) is 3.30. The summed E-state index contributed by atoms with van der Waals surface area (Å²) in [6.45, 7) is 2.04. The topological polar surface area (TPSA) is 17.8 Å². The normalized spacial score (nSPS) is 11.3. The molecule has 0 aliphatic rings. The van der Waals surface area contributed by atoms with Gasteiger partial charge in [-0.1, -0.05) is 45.2 Å². The second-order valence-corrected chi connectivity index (χ2v) is 6.62. The van der Waals surface area contributed by atoms with Crippen LogP contribution < -0.4 is 0 Å². The predicted octanol–water partition coefficient (Wildman–Crippen LogP) is 6.14. The summed E-state index contributed by atoms with van der Waals surface area (Å²) >= 11 is 21.8. The first-order valence-electron chi connectivity index (χ1n) is 6.20. The summed E-state index contributed by atoms with van der Waals surface area (Å²) in [6, 6.07) is 9.68. The Balaban J connectivity index is 2.34. The lowest BCUT2D eigenvalue weighted by Gasteiger charge is -2.10. The van der Waals surface area contributed by atoms with Crippen LogP contribution in [0.5, 0.6) is 0 Å². The number of halogens is 4. The number of fused-ring (bicyclic) bond motifs is 1. The monoisotopic (exact) mass is 402 g/mol. The third kappa shape index (κ3) is 2.68. The van der Waals surface area contributed by atoms with Crippen LogP contribution in [0.15, 0.2) is 34.8 Å². The van der Waals surface area contributed by atoms with Crippen LogP contribution in [-0.2, 0) is 5.88 Å². The first kappa shape index (κ1) is 15.2. The van der Waals surface area contributed by atoms with Gasteiger partial charge in [0.05, 0.1) is 27.0 Å². The van der Waals surface area contributed by atoms with Crippen LogP contribution in [0.25, 0.3) is 16.7 Å². The van der Waals surface area contributed by atoms with Crippen molar-refractivity contribution in [1.29, 1.82) is 0 Å². The van der Waals surface area contributed by atoms with E-state index in [2.05, 4.69) is 20.9 Å². The van der Waals surface area contributed by atoms with Crippen LogP contribution in [0.1, 0.15) is 11.4 Å². The minimum Gasteiger partial charge on any atom is -0.295 e. The van der Waals surface area contributed by atoms with Crippen molar-refractivity contribution < 1.29 is 0 Å². The lowest BCUT2D eigenvalue weighted by molar-refractivity contribution is 0.980. The third-order valence-corrected chi connectivity index (χ3v) is 5.11. The molecule has 3 rings (SSSR count). The average Bonchev–Trinajstić information content (AvgIpc) is 2.80. The highest BCUT2D eigenvalue weighted by atomic mass is 79.9. The maximum Gasteiger partial charge on any atom is 0.129 e. The maximum atomic E-state index is 6.14. The highest BCUT2D eigenvalue weighted by molar-refractivity contribution is 9.10. The van der Waals surface area contributed by atoms with E-state index < -0.39 is 0 Å². The van der Waals surface area contributed by atoms with Crippen LogP contribution in [0, 0.1) is 6.92 Å². The lowest BCUT2D eigenvalue weighted by atomic mass is 10.2. The zero-order valence-electron chi connectivity index (χ0n) is 11.0. The van der Waals surface area contributed by atoms with Crippen LogP contribution >= 0.6 is 50.7 Å². The molecule has 0 unspecified atom stereocenters. The van der Waals surface area contributed by atoms with E-state index in [1.165, 1.54) is 0 Å². The molecule has 1 heterocycles. The number of hydrogen-bond acceptors (Lipinski definition) is 1. The van der Waals surface area contributed by atoms with Gasteiger partial charge in [0.1, 0.15) is 5.82 Å². The van der Waals surface area contributed by atoms with E-state index >= 15 is 0 Å². The van der Waals surface area contributed by atoms with Crippen molar-refractivity contribution in [3.63, 3.8) is 0 Å². The van der Waals surface area contributed by atoms with Gasteiger partial charge in [-0.15, -0.1) is 11.6 Å². The number of nitrogens with zero attached hydrogens (tertiary/aromatic N) is 2. The van der Waals surface area contributed by atoms with E-state index in [0.717, 1.165) is 32.6 Å². The van der Waals surface area contributed by atoms with Gasteiger partial charge >= 0.3 is 0 Å². The molecule has 2 nitrogen and oxygen atoms in total. The van der Waals surface area contributed by atoms with Gasteiger partial charge in [0, 0.05) is 10.2 Å². The second kappa shape index (κ2) is 5.81. The molecular formula is C15H10BrCl3N2. The van der Waals surface area contributed by atoms with Crippen molar-refractivity contribution in [2.45, 2.75) is 12.8 Å². The standard InChI is InChI=1S/C15H10BrCl3N2/c1-8-2-3-9(4-10(8)16)21-14-6-12(19)11(18)5-13(14)20-15(21)7-17/h2-6H,7H2,1H3. The molecule has 0 atom stereocenters. The molecule has 0 spiro atoms. The molecule has 108 valence electrons. The highest BCUT2D eigenvalue weighted by Gasteiger charge is 2.14. The van der Waals surface area contributed by atoms with E-state index in [1.807, 2.05) is 35.8 Å². The largest absolute Gasteiger partial charge is 0.295 e. The summed E-state index contributed by atoms with van der Waals surface area (Å²) in [5.41, 5.74) is 3.80. The van der Waals surface area contributed by atoms with E-state index in [9.17, 15) is 0 Å². The maximum absolute atomic E-state index is 6.14. The predicted molar refractivity (Wildman–Crippen MR) is 93.1 cm³/mol. The molecule has 0 N–H and O–H groups in total. The van der Waals surface area contributed by atoms with Crippen molar-refractivity contribution in [3.8, 4) is 5.69 Å². The first-order chi connectivity index (χ1) is 10.0. The lowest BCUT2D eigenvalue weighted by Crippen LogP contribution is -1.99. The van der Waals surface area contributed by atoms with E-state index in [-0.39, 0.29) is 0 Å². The van der Waals surface area contributed by atoms with Crippen molar-refractivity contribution in [2.24, 2.45) is 0 Å². The molecule has 3 aromatic rings. The summed E-state index contributed by atoms with van der Waals surface area (Å²) in [5, 5.41) is 0.984. The van der Waals surface area contributed by atoms with Gasteiger partial charge in [0.15, 0.2) is 0 Å². The molecule has 0 aliphatic carbocycles. The molecule has 6 heteroatoms. The van der Waals surface area contributed by atoms with Gasteiger partial charge < -0.3 is 0 Å².